The van der Waals surface area contributed by atoms with E-state index < -0.39 is 0 Å². The van der Waals surface area contributed by atoms with Crippen LogP contribution in [-0.2, 0) is 18.3 Å². The molecule has 7 nitrogen and oxygen atoms in total. The van der Waals surface area contributed by atoms with Gasteiger partial charge in [-0.3, -0.25) is 9.67 Å². The maximum Gasteiger partial charge on any atom is 0.191 e. The van der Waals surface area contributed by atoms with Crippen LogP contribution in [0.25, 0.3) is 0 Å². The lowest BCUT2D eigenvalue weighted by molar-refractivity contribution is -0.133. The van der Waals surface area contributed by atoms with Gasteiger partial charge in [0.15, 0.2) is 5.96 Å². The summed E-state index contributed by atoms with van der Waals surface area (Å²) >= 11 is 0. The molecule has 0 saturated heterocycles. The number of ether oxygens (including phenoxy) is 1. The molecule has 1 aromatic rings. The van der Waals surface area contributed by atoms with Crippen molar-refractivity contribution < 1.29 is 4.74 Å². The number of aryl methyl sites for hydroxylation is 1. The third kappa shape index (κ3) is 3.49. The van der Waals surface area contributed by atoms with Crippen LogP contribution in [0.15, 0.2) is 11.3 Å². The zero-order chi connectivity index (χ0) is 16.9. The molecule has 2 rings (SSSR count). The summed E-state index contributed by atoms with van der Waals surface area (Å²) in [5.41, 5.74) is 0.193. The van der Waals surface area contributed by atoms with E-state index >= 15 is 0 Å². The van der Waals surface area contributed by atoms with Gasteiger partial charge in [0.25, 0.3) is 0 Å². The molecule has 2 N–H and O–H groups in total. The first-order valence-corrected chi connectivity index (χ1v) is 8.52. The highest BCUT2D eigenvalue weighted by atomic mass is 16.5. The highest BCUT2D eigenvalue weighted by Gasteiger charge is 2.53. The Morgan fingerprint density at radius 1 is 1.43 bits per heavy atom. The van der Waals surface area contributed by atoms with Crippen LogP contribution >= 0.6 is 0 Å². The van der Waals surface area contributed by atoms with Crippen molar-refractivity contribution in [3.05, 3.63) is 12.2 Å². The van der Waals surface area contributed by atoms with Gasteiger partial charge in [0.2, 0.25) is 0 Å². The Balaban J connectivity index is 1.95. The Bertz CT molecular complexity index is 522. The van der Waals surface area contributed by atoms with E-state index in [2.05, 4.69) is 46.5 Å². The zero-order valence-corrected chi connectivity index (χ0v) is 15.0. The molecule has 1 saturated carbocycles. The Morgan fingerprint density at radius 3 is 2.70 bits per heavy atom. The maximum absolute atomic E-state index is 5.93. The molecule has 0 radical (unpaired) electrons. The van der Waals surface area contributed by atoms with E-state index in [1.54, 1.807) is 18.1 Å². The summed E-state index contributed by atoms with van der Waals surface area (Å²) < 4.78 is 7.69. The van der Waals surface area contributed by atoms with E-state index in [0.717, 1.165) is 37.7 Å². The summed E-state index contributed by atoms with van der Waals surface area (Å²) in [6.45, 7) is 7.94. The van der Waals surface area contributed by atoms with Gasteiger partial charge in [-0.1, -0.05) is 13.8 Å². The number of nitrogens with one attached hydrogen (secondary N) is 2. The Labute approximate surface area is 138 Å². The van der Waals surface area contributed by atoms with Crippen molar-refractivity contribution >= 4 is 5.96 Å². The predicted molar refractivity (Wildman–Crippen MR) is 91.2 cm³/mol. The van der Waals surface area contributed by atoms with E-state index in [1.807, 2.05) is 7.05 Å². The second kappa shape index (κ2) is 7.77. The molecule has 0 bridgehead atoms. The molecular formula is C16H30N6O. The quantitative estimate of drug-likeness (QED) is 0.587. The van der Waals surface area contributed by atoms with E-state index in [1.165, 1.54) is 0 Å². The lowest BCUT2D eigenvalue weighted by atomic mass is 9.58. The van der Waals surface area contributed by atoms with Gasteiger partial charge in [-0.15, -0.1) is 0 Å². The van der Waals surface area contributed by atoms with Gasteiger partial charge >= 0.3 is 0 Å². The number of rotatable bonds is 7. The van der Waals surface area contributed by atoms with Crippen molar-refractivity contribution in [2.75, 3.05) is 13.7 Å². The summed E-state index contributed by atoms with van der Waals surface area (Å²) in [4.78, 5) is 8.56. The average molecular weight is 322 g/mol. The van der Waals surface area contributed by atoms with Crippen LogP contribution in [0.4, 0.5) is 0 Å². The minimum Gasteiger partial charge on any atom is -0.378 e. The maximum atomic E-state index is 5.93. The number of hydrogen-bond donors (Lipinski definition) is 2. The number of guanidine groups is 1. The molecule has 7 heteroatoms. The lowest BCUT2D eigenvalue weighted by Crippen LogP contribution is -2.65. The van der Waals surface area contributed by atoms with Crippen LogP contribution in [0, 0.1) is 5.41 Å². The normalized spacial score (nSPS) is 23.4. The summed E-state index contributed by atoms with van der Waals surface area (Å²) in [7, 11) is 3.68. The Morgan fingerprint density at radius 2 is 2.17 bits per heavy atom. The number of nitrogens with zero attached hydrogens (tertiary/aromatic N) is 4. The van der Waals surface area contributed by atoms with Gasteiger partial charge in [-0.05, 0) is 26.2 Å². The molecule has 1 heterocycles. The molecule has 0 amide bonds. The molecule has 1 aromatic heterocycles. The molecule has 0 aromatic carbocycles. The fourth-order valence-corrected chi connectivity index (χ4v) is 3.59. The van der Waals surface area contributed by atoms with Crippen molar-refractivity contribution in [2.45, 2.75) is 58.7 Å². The lowest BCUT2D eigenvalue weighted by Gasteiger charge is -2.55. The second-order valence-corrected chi connectivity index (χ2v) is 6.04. The largest absolute Gasteiger partial charge is 0.378 e. The molecule has 0 aliphatic heterocycles. The van der Waals surface area contributed by atoms with Gasteiger partial charge in [0, 0.05) is 32.2 Å². The monoisotopic (exact) mass is 322 g/mol. The van der Waals surface area contributed by atoms with Crippen molar-refractivity contribution in [3.8, 4) is 0 Å². The van der Waals surface area contributed by atoms with Crippen molar-refractivity contribution in [2.24, 2.45) is 17.5 Å². The van der Waals surface area contributed by atoms with Gasteiger partial charge in [0.1, 0.15) is 12.2 Å². The standard InChI is InChI=1S/C16H30N6O/c1-6-16(7-2)12(9-13(16)23-8-3)21-15(17-4)18-10-14-19-11-20-22(14)5/h11-13H,6-10H2,1-5H3,(H2,17,18,21)/t12-,13-/m1/s1. The molecule has 1 aliphatic rings. The van der Waals surface area contributed by atoms with Crippen LogP contribution in [0.5, 0.6) is 0 Å². The summed E-state index contributed by atoms with van der Waals surface area (Å²) in [5.74, 6) is 1.69. The highest BCUT2D eigenvalue weighted by molar-refractivity contribution is 5.80. The molecule has 2 atom stereocenters. The molecule has 0 unspecified atom stereocenters. The number of aromatic nitrogens is 3. The first kappa shape index (κ1) is 17.7. The smallest absolute Gasteiger partial charge is 0.191 e. The van der Waals surface area contributed by atoms with Crippen LogP contribution in [0.1, 0.15) is 45.9 Å². The highest BCUT2D eigenvalue weighted by Crippen LogP contribution is 2.48. The minimum absolute atomic E-state index is 0.193. The van der Waals surface area contributed by atoms with Crippen LogP contribution in [0.3, 0.4) is 0 Å². The van der Waals surface area contributed by atoms with E-state index in [-0.39, 0.29) is 5.41 Å². The topological polar surface area (TPSA) is 76.4 Å². The summed E-state index contributed by atoms with van der Waals surface area (Å²) in [6.07, 6.45) is 5.14. The molecule has 130 valence electrons. The van der Waals surface area contributed by atoms with Crippen LogP contribution < -0.4 is 10.6 Å². The van der Waals surface area contributed by atoms with E-state index in [9.17, 15) is 0 Å². The number of aliphatic imine (C=N–C) groups is 1. The van der Waals surface area contributed by atoms with Crippen LogP contribution in [-0.4, -0.2) is 46.5 Å². The fourth-order valence-electron chi connectivity index (χ4n) is 3.59. The van der Waals surface area contributed by atoms with Gasteiger partial charge in [-0.2, -0.15) is 5.10 Å². The third-order valence-electron chi connectivity index (χ3n) is 5.22. The molecule has 23 heavy (non-hydrogen) atoms. The summed E-state index contributed by atoms with van der Waals surface area (Å²) in [5, 5.41) is 11.0. The van der Waals surface area contributed by atoms with Crippen molar-refractivity contribution in [3.63, 3.8) is 0 Å². The first-order valence-electron chi connectivity index (χ1n) is 8.52. The second-order valence-electron chi connectivity index (χ2n) is 6.04. The minimum atomic E-state index is 0.193. The van der Waals surface area contributed by atoms with Crippen molar-refractivity contribution in [1.29, 1.82) is 0 Å². The Hall–Kier alpha value is -1.63. The molecule has 1 fully saturated rings. The first-order chi connectivity index (χ1) is 11.1. The molecule has 1 aliphatic carbocycles. The van der Waals surface area contributed by atoms with Crippen LogP contribution in [0.2, 0.25) is 0 Å². The zero-order valence-electron chi connectivity index (χ0n) is 15.0. The predicted octanol–water partition coefficient (Wildman–Crippen LogP) is 1.46. The van der Waals surface area contributed by atoms with Gasteiger partial charge in [-0.25, -0.2) is 4.98 Å². The molecular weight excluding hydrogens is 292 g/mol. The SMILES string of the molecule is CCO[C@@H]1C[C@@H](NC(=NC)NCc2ncnn2C)C1(CC)CC. The Kier molecular flexibility index (Phi) is 5.98. The average Bonchev–Trinajstić information content (AvgIpc) is 2.96. The molecule has 0 spiro atoms. The van der Waals surface area contributed by atoms with E-state index in [0.29, 0.717) is 18.7 Å². The van der Waals surface area contributed by atoms with Gasteiger partial charge in [0.05, 0.1) is 12.6 Å². The van der Waals surface area contributed by atoms with Gasteiger partial charge < -0.3 is 15.4 Å². The van der Waals surface area contributed by atoms with E-state index in [4.69, 9.17) is 4.74 Å². The fraction of sp³-hybridized carbons (Fsp3) is 0.812. The third-order valence-corrected chi connectivity index (χ3v) is 5.22. The summed E-state index contributed by atoms with van der Waals surface area (Å²) in [6, 6.07) is 0.389. The number of hydrogen-bond acceptors (Lipinski definition) is 4. The van der Waals surface area contributed by atoms with Crippen molar-refractivity contribution in [1.82, 2.24) is 25.4 Å².